The predicted octanol–water partition coefficient (Wildman–Crippen LogP) is 1.74. The predicted molar refractivity (Wildman–Crippen MR) is 188 cm³/mol. The summed E-state index contributed by atoms with van der Waals surface area (Å²) in [7, 11) is -1.66. The van der Waals surface area contributed by atoms with Gasteiger partial charge in [-0.1, -0.05) is 31.2 Å². The second-order valence-electron chi connectivity index (χ2n) is 12.3. The summed E-state index contributed by atoms with van der Waals surface area (Å²) in [6.07, 6.45) is 1.15. The molecule has 2 rings (SSSR count). The maximum Gasteiger partial charge on any atom is 0.472 e. The Balaban J connectivity index is 2.21. The molecule has 0 saturated carbocycles. The summed E-state index contributed by atoms with van der Waals surface area (Å²) in [6.45, 7) is -2.74. The van der Waals surface area contributed by atoms with Crippen LogP contribution >= 0.6 is 7.82 Å². The molecule has 0 aliphatic rings. The van der Waals surface area contributed by atoms with Crippen LogP contribution in [-0.2, 0) is 43.0 Å². The van der Waals surface area contributed by atoms with E-state index in [1.54, 1.807) is 14.2 Å². The van der Waals surface area contributed by atoms with E-state index in [4.69, 9.17) is 28.7 Å². The topological polar surface area (TPSA) is 250 Å². The van der Waals surface area contributed by atoms with E-state index >= 15 is 0 Å². The summed E-state index contributed by atoms with van der Waals surface area (Å²) < 4.78 is 34.2. The maximum atomic E-state index is 13.1. The van der Waals surface area contributed by atoms with Crippen LogP contribution in [0, 0.1) is 0 Å². The summed E-state index contributed by atoms with van der Waals surface area (Å²) in [5.74, 6) is -3.96. The average molecular weight is 770 g/mol. The van der Waals surface area contributed by atoms with Crippen molar-refractivity contribution >= 4 is 38.0 Å². The lowest BCUT2D eigenvalue weighted by atomic mass is 9.73. The van der Waals surface area contributed by atoms with Crippen LogP contribution in [0.1, 0.15) is 30.9 Å². The second-order valence-corrected chi connectivity index (χ2v) is 13.7. The highest BCUT2D eigenvalue weighted by molar-refractivity contribution is 7.47. The first-order valence-corrected chi connectivity index (χ1v) is 17.9. The van der Waals surface area contributed by atoms with E-state index in [1.807, 2.05) is 55.5 Å². The van der Waals surface area contributed by atoms with Gasteiger partial charge in [0.15, 0.2) is 0 Å². The molecule has 2 unspecified atom stereocenters. The third-order valence-corrected chi connectivity index (χ3v) is 9.39. The molecule has 2 aromatic rings. The highest BCUT2D eigenvalue weighted by Crippen LogP contribution is 2.44. The van der Waals surface area contributed by atoms with E-state index in [1.165, 1.54) is 4.90 Å². The molecule has 0 spiro atoms. The van der Waals surface area contributed by atoms with Gasteiger partial charge in [0.1, 0.15) is 17.8 Å². The van der Waals surface area contributed by atoms with Gasteiger partial charge in [-0.3, -0.25) is 42.9 Å². The van der Waals surface area contributed by atoms with E-state index in [0.717, 1.165) is 20.9 Å². The van der Waals surface area contributed by atoms with Crippen LogP contribution in [0.4, 0.5) is 0 Å². The van der Waals surface area contributed by atoms with Crippen LogP contribution in [0.3, 0.4) is 0 Å². The number of ether oxygens (including phenoxy) is 2. The number of carboxylic acids is 4. The van der Waals surface area contributed by atoms with E-state index < -0.39 is 82.5 Å². The summed E-state index contributed by atoms with van der Waals surface area (Å²) in [5.41, 5.74) is 1.32. The first kappa shape index (κ1) is 44.7. The molecule has 2 aromatic carbocycles. The van der Waals surface area contributed by atoms with Gasteiger partial charge in [-0.15, -0.1) is 0 Å². The SMILES string of the molecule is COc1ccc(C(C)(CCCOP(=O)(O)OCC(CN(CCN(CC(=O)O)CC(=O)O)CC(=O)O)N(CC=O)CC(=O)O)c2ccc(OC)cc2)cc1. The lowest BCUT2D eigenvalue weighted by molar-refractivity contribution is -0.143. The fourth-order valence-corrected chi connectivity index (χ4v) is 6.48. The second kappa shape index (κ2) is 21.9. The van der Waals surface area contributed by atoms with Crippen molar-refractivity contribution in [3.8, 4) is 11.5 Å². The molecule has 18 nitrogen and oxygen atoms in total. The number of carbonyl (C=O) groups excluding carboxylic acids is 1. The van der Waals surface area contributed by atoms with Gasteiger partial charge >= 0.3 is 31.7 Å². The number of nitrogens with zero attached hydrogens (tertiary/aromatic N) is 3. The van der Waals surface area contributed by atoms with Gasteiger partial charge in [-0.05, 0) is 48.2 Å². The Morgan fingerprint density at radius 1 is 0.755 bits per heavy atom. The number of aldehydes is 1. The third kappa shape index (κ3) is 16.0. The van der Waals surface area contributed by atoms with Gasteiger partial charge in [0.25, 0.3) is 0 Å². The van der Waals surface area contributed by atoms with Gasteiger partial charge < -0.3 is 39.6 Å². The van der Waals surface area contributed by atoms with Crippen molar-refractivity contribution in [2.24, 2.45) is 0 Å². The maximum absolute atomic E-state index is 13.1. The molecular formula is C34H48N3O15P. The number of hydrogen-bond acceptors (Lipinski definition) is 13. The average Bonchev–Trinajstić information content (AvgIpc) is 3.09. The summed E-state index contributed by atoms with van der Waals surface area (Å²) in [5, 5.41) is 37.3. The number of benzene rings is 2. The summed E-state index contributed by atoms with van der Waals surface area (Å²) in [6, 6.07) is 13.9. The molecular weight excluding hydrogens is 721 g/mol. The van der Waals surface area contributed by atoms with Gasteiger partial charge in [-0.25, -0.2) is 4.57 Å². The smallest absolute Gasteiger partial charge is 0.472 e. The number of phosphoric acid groups is 1. The van der Waals surface area contributed by atoms with Gasteiger partial charge in [0.2, 0.25) is 0 Å². The van der Waals surface area contributed by atoms with Crippen LogP contribution < -0.4 is 9.47 Å². The van der Waals surface area contributed by atoms with Gasteiger partial charge in [0, 0.05) is 31.1 Å². The normalized spacial score (nSPS) is 13.4. The van der Waals surface area contributed by atoms with Crippen molar-refractivity contribution < 1.29 is 72.4 Å². The third-order valence-electron chi connectivity index (χ3n) is 8.40. The Hall–Kier alpha value is -4.42. The van der Waals surface area contributed by atoms with Crippen LogP contribution in [0.25, 0.3) is 0 Å². The lowest BCUT2D eigenvalue weighted by Crippen LogP contribution is -2.51. The van der Waals surface area contributed by atoms with Crippen molar-refractivity contribution in [3.63, 3.8) is 0 Å². The summed E-state index contributed by atoms with van der Waals surface area (Å²) >= 11 is 0. The number of rotatable bonds is 28. The molecule has 294 valence electrons. The minimum Gasteiger partial charge on any atom is -0.497 e. The Kier molecular flexibility index (Phi) is 18.5. The van der Waals surface area contributed by atoms with E-state index in [0.29, 0.717) is 24.2 Å². The van der Waals surface area contributed by atoms with Crippen molar-refractivity contribution in [1.29, 1.82) is 0 Å². The number of methoxy groups -OCH3 is 2. The summed E-state index contributed by atoms with van der Waals surface area (Å²) in [4.78, 5) is 71.2. The molecule has 0 aromatic heterocycles. The Morgan fingerprint density at radius 2 is 1.21 bits per heavy atom. The molecule has 0 heterocycles. The highest BCUT2D eigenvalue weighted by atomic mass is 31.2. The standard InChI is InChI=1S/C34H48N3O15P/c1-34(25-5-9-28(49-2)10-6-25,26-7-11-29(50-3)12-8-26)13-4-18-51-53(47,48)52-24-27(37(16-17-38)23-33(45)46)19-35(20-30(39)40)14-15-36(21-31(41)42)22-32(43)44/h5-12,17,27H,4,13-16,18-24H2,1-3H3,(H,39,40)(H,41,42)(H,43,44)(H,45,46)(H,47,48). The number of carbonyl (C=O) groups is 5. The van der Waals surface area contributed by atoms with Crippen molar-refractivity contribution in [2.75, 3.05) is 79.8 Å². The molecule has 0 radical (unpaired) electrons. The number of hydrogen-bond donors (Lipinski definition) is 5. The number of aliphatic carboxylic acids is 4. The lowest BCUT2D eigenvalue weighted by Gasteiger charge is -2.34. The van der Waals surface area contributed by atoms with Crippen molar-refractivity contribution in [3.05, 3.63) is 59.7 Å². The van der Waals surface area contributed by atoms with Gasteiger partial charge in [-0.2, -0.15) is 0 Å². The zero-order chi connectivity index (χ0) is 39.6. The molecule has 0 bridgehead atoms. The Morgan fingerprint density at radius 3 is 1.64 bits per heavy atom. The first-order chi connectivity index (χ1) is 25.0. The van der Waals surface area contributed by atoms with E-state index in [9.17, 15) is 43.6 Å². The van der Waals surface area contributed by atoms with E-state index in [-0.39, 0.29) is 32.7 Å². The molecule has 0 aliphatic heterocycles. The molecule has 0 aliphatic carbocycles. The Bertz CT molecular complexity index is 1480. The van der Waals surface area contributed by atoms with E-state index in [2.05, 4.69) is 0 Å². The fourth-order valence-electron chi connectivity index (χ4n) is 5.69. The largest absolute Gasteiger partial charge is 0.497 e. The highest BCUT2D eigenvalue weighted by Gasteiger charge is 2.32. The van der Waals surface area contributed by atoms with Crippen molar-refractivity contribution in [2.45, 2.75) is 31.2 Å². The molecule has 0 saturated heterocycles. The molecule has 2 atom stereocenters. The minimum absolute atomic E-state index is 0.195. The van der Waals surface area contributed by atoms with Crippen LogP contribution in [0.2, 0.25) is 0 Å². The van der Waals surface area contributed by atoms with Crippen molar-refractivity contribution in [1.82, 2.24) is 14.7 Å². The monoisotopic (exact) mass is 769 g/mol. The molecule has 19 heteroatoms. The first-order valence-electron chi connectivity index (χ1n) is 16.4. The molecule has 5 N–H and O–H groups in total. The molecule has 0 fully saturated rings. The quantitative estimate of drug-likeness (QED) is 0.0470. The zero-order valence-electron chi connectivity index (χ0n) is 29.9. The number of phosphoric ester groups is 1. The molecule has 0 amide bonds. The molecule has 53 heavy (non-hydrogen) atoms. The zero-order valence-corrected chi connectivity index (χ0v) is 30.8. The number of carboxylic acid groups (broad SMARTS) is 4. The fraction of sp³-hybridized carbons (Fsp3) is 0.500. The minimum atomic E-state index is -4.79. The van der Waals surface area contributed by atoms with Crippen LogP contribution in [-0.4, -0.2) is 156 Å². The Labute approximate surface area is 307 Å². The van der Waals surface area contributed by atoms with Gasteiger partial charge in [0.05, 0.1) is 60.2 Å². The van der Waals surface area contributed by atoms with Crippen LogP contribution in [0.5, 0.6) is 11.5 Å². The van der Waals surface area contributed by atoms with Crippen LogP contribution in [0.15, 0.2) is 48.5 Å².